The van der Waals surface area contributed by atoms with Crippen LogP contribution in [-0.4, -0.2) is 0 Å². The summed E-state index contributed by atoms with van der Waals surface area (Å²) >= 11 is 0. The van der Waals surface area contributed by atoms with E-state index in [2.05, 4.69) is 33.4 Å². The van der Waals surface area contributed by atoms with Gasteiger partial charge in [0.15, 0.2) is 0 Å². The van der Waals surface area contributed by atoms with Gasteiger partial charge in [-0.1, -0.05) is 45.1 Å². The molecule has 0 heterocycles. The largest absolute Gasteiger partial charge is 0.0988 e. The minimum atomic E-state index is 0.475. The highest BCUT2D eigenvalue weighted by Crippen LogP contribution is 2.37. The minimum absolute atomic E-state index is 0.475. The van der Waals surface area contributed by atoms with Gasteiger partial charge in [0.25, 0.3) is 0 Å². The Labute approximate surface area is 76.4 Å². The highest BCUT2D eigenvalue weighted by molar-refractivity contribution is 5.18. The fourth-order valence-electron chi connectivity index (χ4n) is 1.83. The van der Waals surface area contributed by atoms with Gasteiger partial charge < -0.3 is 0 Å². The second-order valence-corrected chi connectivity index (χ2v) is 4.82. The van der Waals surface area contributed by atoms with Crippen molar-refractivity contribution in [2.45, 2.75) is 40.0 Å². The molecule has 1 aliphatic carbocycles. The van der Waals surface area contributed by atoms with Gasteiger partial charge in [0.05, 0.1) is 0 Å². The molecule has 1 rings (SSSR count). The van der Waals surface area contributed by atoms with Gasteiger partial charge in [-0.05, 0) is 30.6 Å². The van der Waals surface area contributed by atoms with Crippen LogP contribution in [0.2, 0.25) is 0 Å². The van der Waals surface area contributed by atoms with Gasteiger partial charge in [-0.25, -0.2) is 0 Å². The van der Waals surface area contributed by atoms with Crippen molar-refractivity contribution in [3.05, 3.63) is 24.3 Å². The summed E-state index contributed by atoms with van der Waals surface area (Å²) in [6.07, 6.45) is 8.16. The second kappa shape index (κ2) is 3.47. The summed E-state index contributed by atoms with van der Waals surface area (Å²) in [6, 6.07) is 0. The topological polar surface area (TPSA) is 0 Å². The number of allylic oxidation sites excluding steroid dienone is 3. The molecule has 1 aliphatic rings. The summed E-state index contributed by atoms with van der Waals surface area (Å²) in [7, 11) is 0. The summed E-state index contributed by atoms with van der Waals surface area (Å²) in [5.74, 6) is 0.862. The van der Waals surface area contributed by atoms with E-state index >= 15 is 0 Å². The third-order valence-corrected chi connectivity index (χ3v) is 2.93. The van der Waals surface area contributed by atoms with Gasteiger partial charge in [0.2, 0.25) is 0 Å². The lowest BCUT2D eigenvalue weighted by molar-refractivity contribution is 0.221. The maximum atomic E-state index is 3.80. The van der Waals surface area contributed by atoms with Gasteiger partial charge in [-0.3, -0.25) is 0 Å². The van der Waals surface area contributed by atoms with Gasteiger partial charge in [0.1, 0.15) is 0 Å². The van der Waals surface area contributed by atoms with Gasteiger partial charge in [0, 0.05) is 0 Å². The SMILES string of the molecule is C=CC1=CCC(C(C)(C)C)CC1. The van der Waals surface area contributed by atoms with E-state index in [0.717, 1.165) is 5.92 Å². The number of hydrogen-bond acceptors (Lipinski definition) is 0. The summed E-state index contributed by atoms with van der Waals surface area (Å²) in [5.41, 5.74) is 1.92. The predicted molar refractivity (Wildman–Crippen MR) is 55.1 cm³/mol. The highest BCUT2D eigenvalue weighted by atomic mass is 14.3. The third kappa shape index (κ3) is 2.23. The molecule has 12 heavy (non-hydrogen) atoms. The zero-order chi connectivity index (χ0) is 9.19. The van der Waals surface area contributed by atoms with Crippen molar-refractivity contribution in [2.75, 3.05) is 0 Å². The molecule has 0 heteroatoms. The van der Waals surface area contributed by atoms with E-state index in [1.807, 2.05) is 6.08 Å². The Morgan fingerprint density at radius 3 is 2.50 bits per heavy atom. The van der Waals surface area contributed by atoms with Crippen molar-refractivity contribution in [2.24, 2.45) is 11.3 Å². The zero-order valence-corrected chi connectivity index (χ0v) is 8.56. The summed E-state index contributed by atoms with van der Waals surface area (Å²) in [6.45, 7) is 10.8. The Balaban J connectivity index is 2.57. The molecular formula is C12H20. The molecule has 1 unspecified atom stereocenters. The molecule has 0 nitrogen and oxygen atoms in total. The van der Waals surface area contributed by atoms with Crippen LogP contribution in [0.1, 0.15) is 40.0 Å². The first-order chi connectivity index (χ1) is 5.54. The van der Waals surface area contributed by atoms with Crippen LogP contribution in [0.5, 0.6) is 0 Å². The zero-order valence-electron chi connectivity index (χ0n) is 8.56. The molecule has 0 spiro atoms. The molecular weight excluding hydrogens is 144 g/mol. The van der Waals surface area contributed by atoms with Gasteiger partial charge in [-0.2, -0.15) is 0 Å². The molecule has 0 radical (unpaired) electrons. The average Bonchev–Trinajstić information content (AvgIpc) is 2.03. The fourth-order valence-corrected chi connectivity index (χ4v) is 1.83. The molecule has 0 bridgehead atoms. The van der Waals surface area contributed by atoms with Crippen LogP contribution < -0.4 is 0 Å². The Bertz CT molecular complexity index is 191. The van der Waals surface area contributed by atoms with Crippen LogP contribution in [0.3, 0.4) is 0 Å². The van der Waals surface area contributed by atoms with E-state index < -0.39 is 0 Å². The quantitative estimate of drug-likeness (QED) is 0.550. The van der Waals surface area contributed by atoms with E-state index in [0.29, 0.717) is 5.41 Å². The van der Waals surface area contributed by atoms with E-state index in [-0.39, 0.29) is 0 Å². The molecule has 0 aliphatic heterocycles. The van der Waals surface area contributed by atoms with Crippen molar-refractivity contribution in [3.63, 3.8) is 0 Å². The first kappa shape index (κ1) is 9.57. The summed E-state index contributed by atoms with van der Waals surface area (Å²) < 4.78 is 0. The lowest BCUT2D eigenvalue weighted by Crippen LogP contribution is -2.21. The lowest BCUT2D eigenvalue weighted by Gasteiger charge is -2.32. The highest BCUT2D eigenvalue weighted by Gasteiger charge is 2.25. The molecule has 0 saturated heterocycles. The first-order valence-corrected chi connectivity index (χ1v) is 4.85. The van der Waals surface area contributed by atoms with Crippen LogP contribution in [0.4, 0.5) is 0 Å². The second-order valence-electron chi connectivity index (χ2n) is 4.82. The van der Waals surface area contributed by atoms with Crippen LogP contribution in [0.15, 0.2) is 24.3 Å². The maximum Gasteiger partial charge on any atom is -0.0279 e. The van der Waals surface area contributed by atoms with Crippen molar-refractivity contribution >= 4 is 0 Å². The normalized spacial score (nSPS) is 24.9. The molecule has 0 N–H and O–H groups in total. The Kier molecular flexibility index (Phi) is 2.76. The molecule has 0 fully saturated rings. The molecule has 0 aromatic carbocycles. The van der Waals surface area contributed by atoms with Crippen molar-refractivity contribution < 1.29 is 0 Å². The molecule has 0 aromatic heterocycles. The van der Waals surface area contributed by atoms with Crippen molar-refractivity contribution in [1.29, 1.82) is 0 Å². The Morgan fingerprint density at radius 2 is 2.17 bits per heavy atom. The minimum Gasteiger partial charge on any atom is -0.0988 e. The Morgan fingerprint density at radius 1 is 1.50 bits per heavy atom. The fraction of sp³-hybridized carbons (Fsp3) is 0.667. The number of hydrogen-bond donors (Lipinski definition) is 0. The van der Waals surface area contributed by atoms with E-state index in [4.69, 9.17) is 0 Å². The van der Waals surface area contributed by atoms with E-state index in [1.54, 1.807) is 0 Å². The predicted octanol–water partition coefficient (Wildman–Crippen LogP) is 3.95. The van der Waals surface area contributed by atoms with Crippen LogP contribution in [-0.2, 0) is 0 Å². The number of rotatable bonds is 1. The Hall–Kier alpha value is -0.520. The van der Waals surface area contributed by atoms with E-state index in [1.165, 1.54) is 24.8 Å². The average molecular weight is 164 g/mol. The summed E-state index contributed by atoms with van der Waals surface area (Å²) in [4.78, 5) is 0. The molecule has 0 amide bonds. The lowest BCUT2D eigenvalue weighted by atomic mass is 9.73. The third-order valence-electron chi connectivity index (χ3n) is 2.93. The molecule has 68 valence electrons. The van der Waals surface area contributed by atoms with Crippen molar-refractivity contribution in [3.8, 4) is 0 Å². The van der Waals surface area contributed by atoms with Crippen molar-refractivity contribution in [1.82, 2.24) is 0 Å². The molecule has 1 atom stereocenters. The smallest absolute Gasteiger partial charge is 0.0279 e. The molecule has 0 saturated carbocycles. The monoisotopic (exact) mass is 164 g/mol. The maximum absolute atomic E-state index is 3.80. The first-order valence-electron chi connectivity index (χ1n) is 4.85. The molecule has 0 aromatic rings. The standard InChI is InChI=1S/C12H20/c1-5-10-6-8-11(9-7-10)12(2,3)4/h5-6,11H,1,7-9H2,2-4H3. The summed E-state index contributed by atoms with van der Waals surface area (Å²) in [5, 5.41) is 0. The van der Waals surface area contributed by atoms with Crippen LogP contribution in [0, 0.1) is 11.3 Å². The van der Waals surface area contributed by atoms with Crippen LogP contribution >= 0.6 is 0 Å². The van der Waals surface area contributed by atoms with E-state index in [9.17, 15) is 0 Å². The van der Waals surface area contributed by atoms with Gasteiger partial charge >= 0.3 is 0 Å². The van der Waals surface area contributed by atoms with Crippen LogP contribution in [0.25, 0.3) is 0 Å². The van der Waals surface area contributed by atoms with Gasteiger partial charge in [-0.15, -0.1) is 0 Å².